The van der Waals surface area contributed by atoms with Gasteiger partial charge < -0.3 is 18.9 Å². The number of ether oxygens (including phenoxy) is 4. The van der Waals surface area contributed by atoms with E-state index in [-0.39, 0.29) is 42.0 Å². The Morgan fingerprint density at radius 3 is 1.79 bits per heavy atom. The van der Waals surface area contributed by atoms with Crippen molar-refractivity contribution in [2.75, 3.05) is 13.2 Å². The molecule has 4 aromatic rings. The van der Waals surface area contributed by atoms with Crippen molar-refractivity contribution in [3.63, 3.8) is 0 Å². The monoisotopic (exact) mass is 477 g/mol. The number of halogens is 4. The first-order chi connectivity index (χ1) is 16.3. The SMILES string of the molecule is CCOc1ccc(Oc2cc(Oc3ccc(OCC)c(F)c3F)c3ncc(C)n3n2)c(F)c1F. The van der Waals surface area contributed by atoms with Crippen LogP contribution in [0.25, 0.3) is 5.65 Å². The summed E-state index contributed by atoms with van der Waals surface area (Å²) in [6.45, 7) is 5.25. The molecule has 0 spiro atoms. The molecule has 0 saturated carbocycles. The van der Waals surface area contributed by atoms with Gasteiger partial charge in [0.25, 0.3) is 0 Å². The molecular formula is C23H19F4N3O4. The largest absolute Gasteiger partial charge is 0.491 e. The van der Waals surface area contributed by atoms with E-state index in [4.69, 9.17) is 18.9 Å². The Kier molecular flexibility index (Phi) is 6.44. The minimum absolute atomic E-state index is 0.0626. The number of benzene rings is 2. The average Bonchev–Trinajstić information content (AvgIpc) is 3.19. The minimum Gasteiger partial charge on any atom is -0.491 e. The van der Waals surface area contributed by atoms with Gasteiger partial charge in [0, 0.05) is 6.07 Å². The zero-order chi connectivity index (χ0) is 24.4. The highest BCUT2D eigenvalue weighted by atomic mass is 19.2. The molecule has 0 fully saturated rings. The molecule has 0 aliphatic rings. The lowest BCUT2D eigenvalue weighted by molar-refractivity contribution is 0.308. The Bertz CT molecular complexity index is 1360. The van der Waals surface area contributed by atoms with Crippen LogP contribution in [0.3, 0.4) is 0 Å². The first-order valence-electron chi connectivity index (χ1n) is 10.3. The summed E-state index contributed by atoms with van der Waals surface area (Å²) >= 11 is 0. The van der Waals surface area contributed by atoms with E-state index in [0.29, 0.717) is 5.69 Å². The maximum Gasteiger partial charge on any atom is 0.241 e. The van der Waals surface area contributed by atoms with Gasteiger partial charge in [-0.1, -0.05) is 0 Å². The molecule has 34 heavy (non-hydrogen) atoms. The van der Waals surface area contributed by atoms with Crippen LogP contribution in [-0.4, -0.2) is 27.8 Å². The quantitative estimate of drug-likeness (QED) is 0.291. The number of hydrogen-bond acceptors (Lipinski definition) is 6. The van der Waals surface area contributed by atoms with Crippen LogP contribution >= 0.6 is 0 Å². The second-order valence-corrected chi connectivity index (χ2v) is 6.93. The van der Waals surface area contributed by atoms with Gasteiger partial charge in [0.2, 0.25) is 29.1 Å². The van der Waals surface area contributed by atoms with Crippen LogP contribution in [0, 0.1) is 30.2 Å². The molecule has 178 valence electrons. The average molecular weight is 477 g/mol. The van der Waals surface area contributed by atoms with Crippen LogP contribution in [-0.2, 0) is 0 Å². The van der Waals surface area contributed by atoms with Gasteiger partial charge in [-0.2, -0.15) is 17.6 Å². The number of nitrogens with zero attached hydrogens (tertiary/aromatic N) is 3. The zero-order valence-corrected chi connectivity index (χ0v) is 18.4. The Morgan fingerprint density at radius 1 is 0.735 bits per heavy atom. The molecule has 0 radical (unpaired) electrons. The van der Waals surface area contributed by atoms with Gasteiger partial charge in [0.1, 0.15) is 0 Å². The number of aromatic nitrogens is 3. The molecule has 0 amide bonds. The van der Waals surface area contributed by atoms with Crippen LogP contribution in [0.15, 0.2) is 36.5 Å². The summed E-state index contributed by atoms with van der Waals surface area (Å²) in [5, 5.41) is 4.18. The van der Waals surface area contributed by atoms with Crippen molar-refractivity contribution in [1.29, 1.82) is 0 Å². The van der Waals surface area contributed by atoms with Crippen molar-refractivity contribution in [2.45, 2.75) is 20.8 Å². The molecule has 0 bridgehead atoms. The normalized spacial score (nSPS) is 11.0. The topological polar surface area (TPSA) is 67.1 Å². The van der Waals surface area contributed by atoms with Crippen molar-refractivity contribution in [1.82, 2.24) is 14.6 Å². The van der Waals surface area contributed by atoms with E-state index in [1.54, 1.807) is 20.8 Å². The second-order valence-electron chi connectivity index (χ2n) is 6.93. The van der Waals surface area contributed by atoms with Crippen LogP contribution < -0.4 is 18.9 Å². The van der Waals surface area contributed by atoms with Crippen LogP contribution in [0.5, 0.6) is 34.6 Å². The van der Waals surface area contributed by atoms with Crippen molar-refractivity contribution >= 4 is 5.65 Å². The smallest absolute Gasteiger partial charge is 0.241 e. The third-order valence-corrected chi connectivity index (χ3v) is 4.64. The van der Waals surface area contributed by atoms with E-state index in [1.807, 2.05) is 0 Å². The van der Waals surface area contributed by atoms with Crippen molar-refractivity contribution in [3.05, 3.63) is 65.5 Å². The highest BCUT2D eigenvalue weighted by Crippen LogP contribution is 2.36. The van der Waals surface area contributed by atoms with Gasteiger partial charge in [-0.3, -0.25) is 0 Å². The molecule has 2 aromatic carbocycles. The van der Waals surface area contributed by atoms with Gasteiger partial charge in [-0.15, -0.1) is 5.10 Å². The molecule has 2 heterocycles. The first-order valence-corrected chi connectivity index (χ1v) is 10.3. The predicted octanol–water partition coefficient (Wildman–Crippen LogP) is 5.98. The Balaban J connectivity index is 1.73. The number of aryl methyl sites for hydroxylation is 1. The van der Waals surface area contributed by atoms with Crippen LogP contribution in [0.4, 0.5) is 17.6 Å². The first kappa shape index (κ1) is 23.1. The lowest BCUT2D eigenvalue weighted by atomic mass is 10.3. The third kappa shape index (κ3) is 4.28. The van der Waals surface area contributed by atoms with Crippen molar-refractivity contribution in [2.24, 2.45) is 0 Å². The van der Waals surface area contributed by atoms with Crippen molar-refractivity contribution < 1.29 is 36.5 Å². The van der Waals surface area contributed by atoms with Crippen LogP contribution in [0.1, 0.15) is 19.5 Å². The second kappa shape index (κ2) is 9.46. The molecule has 0 saturated heterocycles. The zero-order valence-electron chi connectivity index (χ0n) is 18.4. The summed E-state index contributed by atoms with van der Waals surface area (Å²) in [5.41, 5.74) is 0.707. The summed E-state index contributed by atoms with van der Waals surface area (Å²) in [6, 6.07) is 6.01. The molecule has 7 nitrogen and oxygen atoms in total. The number of fused-ring (bicyclic) bond motifs is 1. The Morgan fingerprint density at radius 2 is 1.24 bits per heavy atom. The van der Waals surface area contributed by atoms with Gasteiger partial charge in [0.15, 0.2) is 34.4 Å². The number of hydrogen-bond donors (Lipinski definition) is 0. The van der Waals surface area contributed by atoms with E-state index in [2.05, 4.69) is 10.1 Å². The van der Waals surface area contributed by atoms with Crippen LogP contribution in [0.2, 0.25) is 0 Å². The third-order valence-electron chi connectivity index (χ3n) is 4.64. The van der Waals surface area contributed by atoms with Gasteiger partial charge in [-0.05, 0) is 45.0 Å². The van der Waals surface area contributed by atoms with Gasteiger partial charge >= 0.3 is 0 Å². The number of rotatable bonds is 8. The van der Waals surface area contributed by atoms with Crippen molar-refractivity contribution in [3.8, 4) is 34.6 Å². The predicted molar refractivity (Wildman–Crippen MR) is 113 cm³/mol. The fourth-order valence-corrected chi connectivity index (χ4v) is 3.11. The van der Waals surface area contributed by atoms with E-state index < -0.39 is 34.8 Å². The van der Waals surface area contributed by atoms with Gasteiger partial charge in [-0.25, -0.2) is 9.50 Å². The lowest BCUT2D eigenvalue weighted by Crippen LogP contribution is -2.03. The van der Waals surface area contributed by atoms with E-state index in [9.17, 15) is 17.6 Å². The molecule has 4 rings (SSSR count). The highest BCUT2D eigenvalue weighted by Gasteiger charge is 2.21. The molecular weight excluding hydrogens is 458 g/mol. The van der Waals surface area contributed by atoms with E-state index in [1.165, 1.54) is 41.0 Å². The number of imidazole rings is 1. The minimum atomic E-state index is -1.28. The maximum atomic E-state index is 14.6. The lowest BCUT2D eigenvalue weighted by Gasteiger charge is -2.13. The summed E-state index contributed by atoms with van der Waals surface area (Å²) in [4.78, 5) is 4.15. The summed E-state index contributed by atoms with van der Waals surface area (Å²) in [6.07, 6.45) is 1.46. The Labute approximate surface area is 191 Å². The standard InChI is InChI=1S/C23H19F4N3O4/c1-4-31-13-6-8-15(21(26)19(13)24)33-17-10-18(29-30-12(3)11-28-23(17)30)34-16-9-7-14(32-5-2)20(25)22(16)27/h6-11H,4-5H2,1-3H3. The van der Waals surface area contributed by atoms with Gasteiger partial charge in [0.05, 0.1) is 25.1 Å². The summed E-state index contributed by atoms with van der Waals surface area (Å²) in [7, 11) is 0. The highest BCUT2D eigenvalue weighted by molar-refractivity contribution is 5.57. The molecule has 0 aliphatic heterocycles. The maximum absolute atomic E-state index is 14.6. The molecule has 0 atom stereocenters. The van der Waals surface area contributed by atoms with E-state index in [0.717, 1.165) is 0 Å². The molecule has 0 N–H and O–H groups in total. The fourth-order valence-electron chi connectivity index (χ4n) is 3.11. The fraction of sp³-hybridized carbons (Fsp3) is 0.217. The van der Waals surface area contributed by atoms with E-state index >= 15 is 0 Å². The molecule has 0 unspecified atom stereocenters. The molecule has 11 heteroatoms. The Hall–Kier alpha value is -4.02. The summed E-state index contributed by atoms with van der Waals surface area (Å²) < 4.78 is 79.9. The molecule has 2 aromatic heterocycles. The molecule has 0 aliphatic carbocycles. The summed E-state index contributed by atoms with van der Waals surface area (Å²) in [5.74, 6) is -6.70.